The summed E-state index contributed by atoms with van der Waals surface area (Å²) in [5.41, 5.74) is 1.29. The van der Waals surface area contributed by atoms with Crippen molar-refractivity contribution in [3.8, 4) is 0 Å². The van der Waals surface area contributed by atoms with Crippen LogP contribution in [0.4, 0.5) is 0 Å². The number of hydrogen-bond donors (Lipinski definition) is 1. The fourth-order valence-electron chi connectivity index (χ4n) is 3.92. The molecule has 25 heavy (non-hydrogen) atoms. The molecule has 3 heteroatoms. The summed E-state index contributed by atoms with van der Waals surface area (Å²) < 4.78 is 6.37. The fourth-order valence-corrected chi connectivity index (χ4v) is 3.92. The molecule has 2 aromatic rings. The van der Waals surface area contributed by atoms with E-state index in [0.29, 0.717) is 6.61 Å². The minimum Gasteiger partial charge on any atom is -0.389 e. The van der Waals surface area contributed by atoms with Gasteiger partial charge in [-0.2, -0.15) is 0 Å². The van der Waals surface area contributed by atoms with Gasteiger partial charge in [0.25, 0.3) is 0 Å². The van der Waals surface area contributed by atoms with E-state index in [-0.39, 0.29) is 5.92 Å². The predicted octanol–water partition coefficient (Wildman–Crippen LogP) is 3.67. The highest BCUT2D eigenvalue weighted by Crippen LogP contribution is 2.45. The van der Waals surface area contributed by atoms with Gasteiger partial charge in [-0.25, -0.2) is 0 Å². The predicted molar refractivity (Wildman–Crippen MR) is 102 cm³/mol. The van der Waals surface area contributed by atoms with Gasteiger partial charge in [0.1, 0.15) is 5.60 Å². The quantitative estimate of drug-likeness (QED) is 0.835. The molecule has 1 aliphatic heterocycles. The number of aliphatic hydroxyl groups excluding tert-OH is 1. The van der Waals surface area contributed by atoms with Crippen LogP contribution in [-0.2, 0) is 10.3 Å². The molecule has 134 valence electrons. The molecule has 0 saturated carbocycles. The summed E-state index contributed by atoms with van der Waals surface area (Å²) in [6.45, 7) is 8.04. The maximum absolute atomic E-state index is 11.3. The number of aliphatic hydroxyl groups is 1. The molecule has 0 radical (unpaired) electrons. The first-order chi connectivity index (χ1) is 12.2. The van der Waals surface area contributed by atoms with Crippen LogP contribution in [-0.4, -0.2) is 42.4 Å². The third-order valence-electron chi connectivity index (χ3n) is 5.50. The Hall–Kier alpha value is -1.68. The molecule has 2 aromatic carbocycles. The smallest absolute Gasteiger partial charge is 0.144 e. The Morgan fingerprint density at radius 1 is 0.960 bits per heavy atom. The molecule has 3 nitrogen and oxygen atoms in total. The van der Waals surface area contributed by atoms with Crippen molar-refractivity contribution in [3.63, 3.8) is 0 Å². The fraction of sp³-hybridized carbons (Fsp3) is 0.455. The lowest BCUT2D eigenvalue weighted by molar-refractivity contribution is -0.0333. The van der Waals surface area contributed by atoms with Crippen LogP contribution in [0.5, 0.6) is 0 Å². The summed E-state index contributed by atoms with van der Waals surface area (Å²) in [6.07, 6.45) is 0.400. The van der Waals surface area contributed by atoms with Crippen LogP contribution in [0.2, 0.25) is 0 Å². The first-order valence-corrected chi connectivity index (χ1v) is 9.37. The summed E-state index contributed by atoms with van der Waals surface area (Å²) >= 11 is 0. The molecule has 0 aromatic heterocycles. The Morgan fingerprint density at radius 2 is 1.48 bits per heavy atom. The number of nitrogens with zero attached hydrogens (tertiary/aromatic N) is 1. The zero-order chi connectivity index (χ0) is 17.7. The molecular weight excluding hydrogens is 310 g/mol. The van der Waals surface area contributed by atoms with Crippen LogP contribution in [0.1, 0.15) is 31.4 Å². The van der Waals surface area contributed by atoms with Crippen LogP contribution in [0.15, 0.2) is 60.7 Å². The topological polar surface area (TPSA) is 32.7 Å². The first kappa shape index (κ1) is 18.1. The Kier molecular flexibility index (Phi) is 5.89. The van der Waals surface area contributed by atoms with Crippen molar-refractivity contribution in [1.82, 2.24) is 4.90 Å². The Labute approximate surface area is 151 Å². The van der Waals surface area contributed by atoms with Gasteiger partial charge in [0.05, 0.1) is 12.7 Å². The summed E-state index contributed by atoms with van der Waals surface area (Å²) in [5.74, 6) is 0.140. The van der Waals surface area contributed by atoms with E-state index >= 15 is 0 Å². The minimum atomic E-state index is -0.767. The van der Waals surface area contributed by atoms with Crippen molar-refractivity contribution in [2.24, 2.45) is 5.92 Å². The Morgan fingerprint density at radius 3 is 1.96 bits per heavy atom. The van der Waals surface area contributed by atoms with Crippen molar-refractivity contribution < 1.29 is 9.84 Å². The number of ether oxygens (including phenoxy) is 1. The molecule has 1 fully saturated rings. The van der Waals surface area contributed by atoms with Crippen LogP contribution in [0.3, 0.4) is 0 Å². The lowest BCUT2D eigenvalue weighted by Crippen LogP contribution is -2.40. The van der Waals surface area contributed by atoms with Crippen LogP contribution >= 0.6 is 0 Å². The number of hydrogen-bond acceptors (Lipinski definition) is 3. The SMILES string of the molecule is CCN(CC)CC[C@H]1COC(c2ccccc2)(c2ccccc2)[C@@H]1O. The summed E-state index contributed by atoms with van der Waals surface area (Å²) in [7, 11) is 0. The molecule has 0 amide bonds. The average Bonchev–Trinajstić information content (AvgIpc) is 3.01. The zero-order valence-electron chi connectivity index (χ0n) is 15.3. The van der Waals surface area contributed by atoms with Gasteiger partial charge in [0, 0.05) is 5.92 Å². The maximum Gasteiger partial charge on any atom is 0.144 e. The van der Waals surface area contributed by atoms with Crippen molar-refractivity contribution in [3.05, 3.63) is 71.8 Å². The molecule has 0 unspecified atom stereocenters. The van der Waals surface area contributed by atoms with Crippen LogP contribution in [0, 0.1) is 5.92 Å². The second-order valence-corrected chi connectivity index (χ2v) is 6.80. The van der Waals surface area contributed by atoms with E-state index in [0.717, 1.165) is 37.2 Å². The molecule has 0 bridgehead atoms. The van der Waals surface area contributed by atoms with Crippen LogP contribution < -0.4 is 0 Å². The third-order valence-corrected chi connectivity index (χ3v) is 5.50. The largest absolute Gasteiger partial charge is 0.389 e. The molecule has 1 heterocycles. The number of rotatable bonds is 7. The zero-order valence-corrected chi connectivity index (χ0v) is 15.3. The van der Waals surface area contributed by atoms with E-state index < -0.39 is 11.7 Å². The van der Waals surface area contributed by atoms with Gasteiger partial charge < -0.3 is 14.7 Å². The van der Waals surface area contributed by atoms with Gasteiger partial charge in [-0.3, -0.25) is 0 Å². The monoisotopic (exact) mass is 339 g/mol. The molecule has 1 aliphatic rings. The molecule has 0 aliphatic carbocycles. The van der Waals surface area contributed by atoms with Gasteiger partial charge in [-0.15, -0.1) is 0 Å². The maximum atomic E-state index is 11.3. The lowest BCUT2D eigenvalue weighted by Gasteiger charge is -2.34. The molecule has 1 N–H and O–H groups in total. The molecule has 2 atom stereocenters. The molecule has 3 rings (SSSR count). The normalized spacial score (nSPS) is 22.4. The second-order valence-electron chi connectivity index (χ2n) is 6.80. The highest BCUT2D eigenvalue weighted by atomic mass is 16.5. The standard InChI is InChI=1S/C22H29NO2/c1-3-23(4-2)16-15-18-17-25-22(21(18)24,19-11-7-5-8-12-19)20-13-9-6-10-14-20/h5-14,18,21,24H,3-4,15-17H2,1-2H3/t18-,21+/m0/s1. The second kappa shape index (κ2) is 8.13. The van der Waals surface area contributed by atoms with Crippen molar-refractivity contribution in [2.75, 3.05) is 26.2 Å². The Bertz CT molecular complexity index is 600. The van der Waals surface area contributed by atoms with E-state index in [9.17, 15) is 5.11 Å². The molecule has 1 saturated heterocycles. The van der Waals surface area contributed by atoms with Crippen molar-refractivity contribution in [2.45, 2.75) is 32.0 Å². The van der Waals surface area contributed by atoms with Gasteiger partial charge >= 0.3 is 0 Å². The summed E-state index contributed by atoms with van der Waals surface area (Å²) in [4.78, 5) is 2.40. The van der Waals surface area contributed by atoms with Crippen LogP contribution in [0.25, 0.3) is 0 Å². The van der Waals surface area contributed by atoms with E-state index in [4.69, 9.17) is 4.74 Å². The van der Waals surface area contributed by atoms with E-state index in [1.807, 2.05) is 36.4 Å². The van der Waals surface area contributed by atoms with Gasteiger partial charge in [0.15, 0.2) is 0 Å². The van der Waals surface area contributed by atoms with Gasteiger partial charge in [0.2, 0.25) is 0 Å². The van der Waals surface area contributed by atoms with E-state index in [1.54, 1.807) is 0 Å². The minimum absolute atomic E-state index is 0.140. The number of benzene rings is 2. The van der Waals surface area contributed by atoms with Gasteiger partial charge in [-0.1, -0.05) is 74.5 Å². The van der Waals surface area contributed by atoms with Gasteiger partial charge in [-0.05, 0) is 37.2 Å². The highest BCUT2D eigenvalue weighted by molar-refractivity contribution is 5.39. The highest BCUT2D eigenvalue weighted by Gasteiger charge is 2.51. The van der Waals surface area contributed by atoms with E-state index in [1.165, 1.54) is 0 Å². The van der Waals surface area contributed by atoms with Crippen molar-refractivity contribution >= 4 is 0 Å². The Balaban J connectivity index is 1.89. The van der Waals surface area contributed by atoms with Crippen molar-refractivity contribution in [1.29, 1.82) is 0 Å². The summed E-state index contributed by atoms with van der Waals surface area (Å²) in [5, 5.41) is 11.3. The molecular formula is C22H29NO2. The first-order valence-electron chi connectivity index (χ1n) is 9.37. The summed E-state index contributed by atoms with van der Waals surface area (Å²) in [6, 6.07) is 20.3. The average molecular weight is 339 g/mol. The lowest BCUT2D eigenvalue weighted by atomic mass is 9.78. The third kappa shape index (κ3) is 3.50. The molecule has 0 spiro atoms. The van der Waals surface area contributed by atoms with E-state index in [2.05, 4.69) is 43.0 Å².